The number of amides is 2. The van der Waals surface area contributed by atoms with Crippen LogP contribution in [0, 0.1) is 5.82 Å². The first kappa shape index (κ1) is 17.2. The third-order valence-corrected chi connectivity index (χ3v) is 5.06. The Morgan fingerprint density at radius 1 is 1.19 bits per heavy atom. The van der Waals surface area contributed by atoms with Crippen molar-refractivity contribution in [1.82, 2.24) is 19.9 Å². The minimum Gasteiger partial charge on any atom is -0.336 e. The number of urea groups is 1. The number of hydrogen-bond acceptors (Lipinski definition) is 4. The second-order valence-electron chi connectivity index (χ2n) is 5.97. The van der Waals surface area contributed by atoms with E-state index < -0.39 is 12.1 Å². The topological polar surface area (TPSA) is 71.8 Å². The van der Waals surface area contributed by atoms with Crippen molar-refractivity contribution in [3.05, 3.63) is 78.1 Å². The van der Waals surface area contributed by atoms with Gasteiger partial charge >= 0.3 is 6.03 Å². The van der Waals surface area contributed by atoms with Crippen LogP contribution in [0.5, 0.6) is 0 Å². The second kappa shape index (κ2) is 7.16. The summed E-state index contributed by atoms with van der Waals surface area (Å²) in [6, 6.07) is 12.7. The Morgan fingerprint density at radius 3 is 2.67 bits per heavy atom. The normalized spacial score (nSPS) is 12.1. The van der Waals surface area contributed by atoms with Crippen molar-refractivity contribution in [2.75, 3.05) is 5.32 Å². The molecule has 0 aliphatic carbocycles. The van der Waals surface area contributed by atoms with E-state index in [0.29, 0.717) is 11.0 Å². The molecule has 0 saturated heterocycles. The molecule has 0 aliphatic rings. The molecule has 136 valence electrons. The molecule has 0 spiro atoms. The van der Waals surface area contributed by atoms with Gasteiger partial charge in [0, 0.05) is 19.4 Å². The molecule has 0 saturated carbocycles. The van der Waals surface area contributed by atoms with Gasteiger partial charge in [-0.3, -0.25) is 5.32 Å². The van der Waals surface area contributed by atoms with Crippen LogP contribution in [0.4, 0.5) is 14.3 Å². The number of aryl methyl sites for hydroxylation is 1. The molecule has 2 aromatic heterocycles. The van der Waals surface area contributed by atoms with E-state index in [4.69, 9.17) is 0 Å². The third-order valence-electron chi connectivity index (χ3n) is 4.11. The van der Waals surface area contributed by atoms with E-state index in [-0.39, 0.29) is 5.82 Å². The highest BCUT2D eigenvalue weighted by atomic mass is 32.1. The minimum absolute atomic E-state index is 0.337. The number of fused-ring (bicyclic) bond motifs is 1. The van der Waals surface area contributed by atoms with Crippen molar-refractivity contribution in [2.45, 2.75) is 6.04 Å². The fraction of sp³-hybridized carbons (Fsp3) is 0.105. The van der Waals surface area contributed by atoms with E-state index >= 15 is 0 Å². The summed E-state index contributed by atoms with van der Waals surface area (Å²) in [4.78, 5) is 21.3. The molecule has 27 heavy (non-hydrogen) atoms. The number of hydrogen-bond donors (Lipinski definition) is 2. The molecule has 4 aromatic rings. The Morgan fingerprint density at radius 2 is 1.96 bits per heavy atom. The first-order valence-electron chi connectivity index (χ1n) is 8.26. The molecule has 1 unspecified atom stereocenters. The quantitative estimate of drug-likeness (QED) is 0.559. The van der Waals surface area contributed by atoms with Crippen LogP contribution in [0.15, 0.2) is 60.9 Å². The lowest BCUT2D eigenvalue weighted by molar-refractivity contribution is 0.249. The van der Waals surface area contributed by atoms with Crippen molar-refractivity contribution in [3.8, 4) is 0 Å². The van der Waals surface area contributed by atoms with Gasteiger partial charge in [0.05, 0.1) is 10.2 Å². The summed E-state index contributed by atoms with van der Waals surface area (Å²) in [5, 5.41) is 6.18. The van der Waals surface area contributed by atoms with Gasteiger partial charge in [-0.1, -0.05) is 35.6 Å². The number of nitrogens with one attached hydrogen (secondary N) is 2. The first-order chi connectivity index (χ1) is 13.1. The molecule has 2 aromatic carbocycles. The summed E-state index contributed by atoms with van der Waals surface area (Å²) in [5.41, 5.74) is 1.56. The van der Waals surface area contributed by atoms with Crippen LogP contribution < -0.4 is 10.6 Å². The molecule has 0 aliphatic heterocycles. The molecule has 2 heterocycles. The number of imidazole rings is 1. The number of benzene rings is 2. The second-order valence-corrected chi connectivity index (χ2v) is 7.00. The fourth-order valence-corrected chi connectivity index (χ4v) is 3.66. The molecule has 8 heteroatoms. The Labute approximate surface area is 158 Å². The Kier molecular flexibility index (Phi) is 4.55. The van der Waals surface area contributed by atoms with Crippen LogP contribution in [0.25, 0.3) is 10.2 Å². The van der Waals surface area contributed by atoms with E-state index in [1.807, 2.05) is 35.9 Å². The van der Waals surface area contributed by atoms with Gasteiger partial charge in [-0.25, -0.2) is 19.2 Å². The summed E-state index contributed by atoms with van der Waals surface area (Å²) in [5.74, 6) is 0.303. The van der Waals surface area contributed by atoms with E-state index in [2.05, 4.69) is 20.6 Å². The molecular weight excluding hydrogens is 365 g/mol. The molecule has 1 atom stereocenters. The first-order valence-corrected chi connectivity index (χ1v) is 9.07. The van der Waals surface area contributed by atoms with Crippen molar-refractivity contribution < 1.29 is 9.18 Å². The maximum atomic E-state index is 13.3. The molecule has 6 nitrogen and oxygen atoms in total. The number of aromatic nitrogens is 3. The predicted octanol–water partition coefficient (Wildman–Crippen LogP) is 4.08. The summed E-state index contributed by atoms with van der Waals surface area (Å²) in [7, 11) is 1.84. The SMILES string of the molecule is Cn1ccnc1C(NC(=O)Nc1nc2ccccc2s1)c1ccc(F)cc1. The monoisotopic (exact) mass is 381 g/mol. The Balaban J connectivity index is 1.58. The number of thiazole rings is 1. The lowest BCUT2D eigenvalue weighted by Crippen LogP contribution is -2.34. The molecule has 0 radical (unpaired) electrons. The summed E-state index contributed by atoms with van der Waals surface area (Å²) < 4.78 is 16.1. The lowest BCUT2D eigenvalue weighted by atomic mass is 10.1. The number of rotatable bonds is 4. The number of halogens is 1. The van der Waals surface area contributed by atoms with Crippen LogP contribution in [0.2, 0.25) is 0 Å². The molecule has 2 amide bonds. The zero-order chi connectivity index (χ0) is 18.8. The van der Waals surface area contributed by atoms with Crippen LogP contribution >= 0.6 is 11.3 Å². The van der Waals surface area contributed by atoms with Gasteiger partial charge in [0.2, 0.25) is 0 Å². The van der Waals surface area contributed by atoms with Crippen LogP contribution in [-0.2, 0) is 7.05 Å². The van der Waals surface area contributed by atoms with Gasteiger partial charge in [0.15, 0.2) is 5.13 Å². The summed E-state index contributed by atoms with van der Waals surface area (Å²) in [6.07, 6.45) is 3.44. The molecule has 0 bridgehead atoms. The average Bonchev–Trinajstić information content (AvgIpc) is 3.26. The largest absolute Gasteiger partial charge is 0.336 e. The van der Waals surface area contributed by atoms with Crippen molar-refractivity contribution in [1.29, 1.82) is 0 Å². The molecule has 4 rings (SSSR count). The smallest absolute Gasteiger partial charge is 0.321 e. The van der Waals surface area contributed by atoms with Crippen molar-refractivity contribution in [3.63, 3.8) is 0 Å². The zero-order valence-corrected chi connectivity index (χ0v) is 15.2. The number of nitrogens with zero attached hydrogens (tertiary/aromatic N) is 3. The summed E-state index contributed by atoms with van der Waals surface area (Å²) >= 11 is 1.40. The number of carbonyl (C=O) groups excluding carboxylic acids is 1. The summed E-state index contributed by atoms with van der Waals surface area (Å²) in [6.45, 7) is 0. The minimum atomic E-state index is -0.528. The highest BCUT2D eigenvalue weighted by Crippen LogP contribution is 2.26. The lowest BCUT2D eigenvalue weighted by Gasteiger charge is -2.19. The number of carbonyl (C=O) groups is 1. The van der Waals surface area contributed by atoms with Crippen LogP contribution in [0.1, 0.15) is 17.4 Å². The highest BCUT2D eigenvalue weighted by Gasteiger charge is 2.21. The van der Waals surface area contributed by atoms with Gasteiger partial charge in [0.1, 0.15) is 17.7 Å². The third kappa shape index (κ3) is 3.65. The maximum absolute atomic E-state index is 13.3. The number of anilines is 1. The van der Waals surface area contributed by atoms with Gasteiger partial charge in [-0.2, -0.15) is 0 Å². The fourth-order valence-electron chi connectivity index (χ4n) is 2.80. The van der Waals surface area contributed by atoms with E-state index in [1.165, 1.54) is 23.5 Å². The molecule has 2 N–H and O–H groups in total. The highest BCUT2D eigenvalue weighted by molar-refractivity contribution is 7.22. The standard InChI is InChI=1S/C19H16FN5OS/c1-25-11-10-21-17(25)16(12-6-8-13(20)9-7-12)23-18(26)24-19-22-14-4-2-3-5-15(14)27-19/h2-11,16H,1H3,(H2,22,23,24,26). The van der Waals surface area contributed by atoms with Gasteiger partial charge in [-0.05, 0) is 29.8 Å². The van der Waals surface area contributed by atoms with Crippen molar-refractivity contribution >= 4 is 32.7 Å². The maximum Gasteiger partial charge on any atom is 0.321 e. The average molecular weight is 381 g/mol. The molecular formula is C19H16FN5OS. The van der Waals surface area contributed by atoms with E-state index in [1.54, 1.807) is 24.5 Å². The Hall–Kier alpha value is -3.26. The van der Waals surface area contributed by atoms with Crippen LogP contribution in [-0.4, -0.2) is 20.6 Å². The van der Waals surface area contributed by atoms with E-state index in [9.17, 15) is 9.18 Å². The zero-order valence-electron chi connectivity index (χ0n) is 14.4. The molecule has 0 fully saturated rings. The van der Waals surface area contributed by atoms with Crippen molar-refractivity contribution in [2.24, 2.45) is 7.05 Å². The van der Waals surface area contributed by atoms with Crippen LogP contribution in [0.3, 0.4) is 0 Å². The van der Waals surface area contributed by atoms with Gasteiger partial charge < -0.3 is 9.88 Å². The number of para-hydroxylation sites is 1. The van der Waals surface area contributed by atoms with Gasteiger partial charge in [0.25, 0.3) is 0 Å². The van der Waals surface area contributed by atoms with E-state index in [0.717, 1.165) is 15.8 Å². The predicted molar refractivity (Wildman–Crippen MR) is 103 cm³/mol. The Bertz CT molecular complexity index is 1060. The van der Waals surface area contributed by atoms with Gasteiger partial charge in [-0.15, -0.1) is 0 Å².